The Hall–Kier alpha value is -1.62. The molecule has 2 rings (SSSR count). The van der Waals surface area contributed by atoms with Crippen LogP contribution in [-0.2, 0) is 17.8 Å². The molecule has 0 bridgehead atoms. The zero-order valence-corrected chi connectivity index (χ0v) is 16.6. The smallest absolute Gasteiger partial charge is 0.304 e. The van der Waals surface area contributed by atoms with Crippen LogP contribution in [0.15, 0.2) is 30.5 Å². The minimum absolute atomic E-state index is 0.0867. The summed E-state index contributed by atoms with van der Waals surface area (Å²) < 4.78 is 0. The third-order valence-corrected chi connectivity index (χ3v) is 5.19. The largest absolute Gasteiger partial charge is 0.481 e. The van der Waals surface area contributed by atoms with E-state index in [1.165, 1.54) is 5.56 Å². The van der Waals surface area contributed by atoms with Crippen LogP contribution >= 0.6 is 23.2 Å². The number of benzene rings is 1. The van der Waals surface area contributed by atoms with Crippen molar-refractivity contribution in [3.05, 3.63) is 62.9 Å². The Morgan fingerprint density at radius 2 is 2.04 bits per heavy atom. The number of carboxylic acids is 1. The zero-order valence-electron chi connectivity index (χ0n) is 15.1. The Kier molecular flexibility index (Phi) is 7.88. The number of pyridine rings is 1. The fraction of sp³-hybridized carbons (Fsp3) is 0.400. The number of aromatic nitrogens is 1. The highest BCUT2D eigenvalue weighted by atomic mass is 35.5. The van der Waals surface area contributed by atoms with Gasteiger partial charge in [-0.1, -0.05) is 42.3 Å². The Balaban J connectivity index is 2.08. The molecule has 1 aromatic carbocycles. The van der Waals surface area contributed by atoms with Crippen molar-refractivity contribution in [3.8, 4) is 0 Å². The summed E-state index contributed by atoms with van der Waals surface area (Å²) in [4.78, 5) is 15.1. The van der Waals surface area contributed by atoms with Crippen LogP contribution in [-0.4, -0.2) is 22.6 Å². The van der Waals surface area contributed by atoms with Crippen molar-refractivity contribution in [2.24, 2.45) is 0 Å². The Morgan fingerprint density at radius 1 is 1.27 bits per heavy atom. The second-order valence-corrected chi connectivity index (χ2v) is 7.22. The van der Waals surface area contributed by atoms with Crippen LogP contribution in [0.2, 0.25) is 10.0 Å². The first-order valence-corrected chi connectivity index (χ1v) is 9.48. The quantitative estimate of drug-likeness (QED) is 0.587. The molecule has 0 aliphatic carbocycles. The summed E-state index contributed by atoms with van der Waals surface area (Å²) in [5, 5.41) is 13.2. The summed E-state index contributed by atoms with van der Waals surface area (Å²) in [7, 11) is 0. The van der Waals surface area contributed by atoms with Crippen LogP contribution in [0.4, 0.5) is 0 Å². The van der Waals surface area contributed by atoms with Gasteiger partial charge in [-0.15, -0.1) is 0 Å². The number of hydrogen-bond donors (Lipinski definition) is 2. The maximum Gasteiger partial charge on any atom is 0.304 e. The summed E-state index contributed by atoms with van der Waals surface area (Å²) in [6.45, 7) is 5.11. The Labute approximate surface area is 164 Å². The van der Waals surface area contributed by atoms with E-state index in [1.54, 1.807) is 6.20 Å². The topological polar surface area (TPSA) is 62.2 Å². The molecule has 4 nitrogen and oxygen atoms in total. The molecule has 0 unspecified atom stereocenters. The number of halogens is 2. The Morgan fingerprint density at radius 3 is 2.69 bits per heavy atom. The molecule has 0 aliphatic rings. The fourth-order valence-electron chi connectivity index (χ4n) is 2.87. The SMILES string of the molecule is CC[C@@H](Cc1cc(CNCCC(=O)O)c(Cl)cn1)c1ccc(Cl)c(C)c1. The molecule has 1 aromatic heterocycles. The predicted octanol–water partition coefficient (Wildman–Crippen LogP) is 5.00. The summed E-state index contributed by atoms with van der Waals surface area (Å²) >= 11 is 12.4. The van der Waals surface area contributed by atoms with E-state index < -0.39 is 5.97 Å². The number of carboxylic acid groups (broad SMARTS) is 1. The van der Waals surface area contributed by atoms with Crippen molar-refractivity contribution in [2.45, 2.75) is 45.6 Å². The molecule has 140 valence electrons. The van der Waals surface area contributed by atoms with Gasteiger partial charge in [-0.2, -0.15) is 0 Å². The molecule has 0 fully saturated rings. The summed E-state index contributed by atoms with van der Waals surface area (Å²) in [6, 6.07) is 8.16. The van der Waals surface area contributed by atoms with Gasteiger partial charge in [0.05, 0.1) is 11.4 Å². The van der Waals surface area contributed by atoms with Crippen LogP contribution in [0.5, 0.6) is 0 Å². The lowest BCUT2D eigenvalue weighted by molar-refractivity contribution is -0.136. The molecule has 2 N–H and O–H groups in total. The maximum atomic E-state index is 10.6. The second kappa shape index (κ2) is 9.91. The second-order valence-electron chi connectivity index (χ2n) is 6.41. The molecular formula is C20H24Cl2N2O2. The lowest BCUT2D eigenvalue weighted by atomic mass is 9.90. The van der Waals surface area contributed by atoms with Crippen LogP contribution < -0.4 is 5.32 Å². The molecule has 0 saturated heterocycles. The van der Waals surface area contributed by atoms with Gasteiger partial charge in [0.1, 0.15) is 0 Å². The lowest BCUT2D eigenvalue weighted by Crippen LogP contribution is -2.18. The standard InChI is InChI=1S/C20H24Cl2N2O2/c1-3-14(15-4-5-18(21)13(2)8-15)9-17-10-16(19(22)12-24-17)11-23-7-6-20(25)26/h4-5,8,10,12,14,23H,3,6-7,9,11H2,1-2H3,(H,25,26)/t14-/m0/s1. The van der Waals surface area contributed by atoms with Gasteiger partial charge < -0.3 is 10.4 Å². The van der Waals surface area contributed by atoms with Gasteiger partial charge in [-0.25, -0.2) is 0 Å². The molecule has 0 spiro atoms. The monoisotopic (exact) mass is 394 g/mol. The first-order valence-electron chi connectivity index (χ1n) is 8.72. The van der Waals surface area contributed by atoms with E-state index in [0.717, 1.165) is 34.7 Å². The maximum absolute atomic E-state index is 10.6. The number of hydrogen-bond acceptors (Lipinski definition) is 3. The third-order valence-electron chi connectivity index (χ3n) is 4.42. The summed E-state index contributed by atoms with van der Waals surface area (Å²) in [5.74, 6) is -0.462. The summed E-state index contributed by atoms with van der Waals surface area (Å²) in [6.07, 6.45) is 3.57. The molecule has 2 aromatic rings. The third kappa shape index (κ3) is 5.97. The molecule has 1 atom stereocenters. The molecule has 1 heterocycles. The molecular weight excluding hydrogens is 371 g/mol. The van der Waals surface area contributed by atoms with Crippen LogP contribution in [0.1, 0.15) is 48.1 Å². The highest BCUT2D eigenvalue weighted by Gasteiger charge is 2.14. The van der Waals surface area contributed by atoms with Gasteiger partial charge in [0, 0.05) is 30.0 Å². The minimum Gasteiger partial charge on any atom is -0.481 e. The van der Waals surface area contributed by atoms with Gasteiger partial charge in [0.15, 0.2) is 0 Å². The number of nitrogens with zero attached hydrogens (tertiary/aromatic N) is 1. The van der Waals surface area contributed by atoms with Crippen LogP contribution in [0.25, 0.3) is 0 Å². The molecule has 0 radical (unpaired) electrons. The van der Waals surface area contributed by atoms with Crippen LogP contribution in [0.3, 0.4) is 0 Å². The number of rotatable bonds is 9. The van der Waals surface area contributed by atoms with E-state index in [2.05, 4.69) is 29.4 Å². The molecule has 6 heteroatoms. The predicted molar refractivity (Wildman–Crippen MR) is 106 cm³/mol. The summed E-state index contributed by atoms with van der Waals surface area (Å²) in [5.41, 5.74) is 4.25. The van der Waals surface area contributed by atoms with Crippen molar-refractivity contribution >= 4 is 29.2 Å². The fourth-order valence-corrected chi connectivity index (χ4v) is 3.16. The highest BCUT2D eigenvalue weighted by Crippen LogP contribution is 2.28. The average molecular weight is 395 g/mol. The van der Waals surface area contributed by atoms with Crippen molar-refractivity contribution in [1.29, 1.82) is 0 Å². The van der Waals surface area contributed by atoms with E-state index >= 15 is 0 Å². The highest BCUT2D eigenvalue weighted by molar-refractivity contribution is 6.31. The zero-order chi connectivity index (χ0) is 19.1. The normalized spacial score (nSPS) is 12.2. The van der Waals surface area contributed by atoms with Crippen molar-refractivity contribution < 1.29 is 9.90 Å². The van der Waals surface area contributed by atoms with Crippen molar-refractivity contribution in [1.82, 2.24) is 10.3 Å². The van der Waals surface area contributed by atoms with E-state index in [-0.39, 0.29) is 6.42 Å². The van der Waals surface area contributed by atoms with Crippen LogP contribution in [0, 0.1) is 6.92 Å². The first kappa shape index (κ1) is 20.7. The van der Waals surface area contributed by atoms with Gasteiger partial charge in [-0.05, 0) is 54.5 Å². The molecule has 0 saturated carbocycles. The first-order chi connectivity index (χ1) is 12.4. The number of aliphatic carboxylic acids is 1. The average Bonchev–Trinajstić information content (AvgIpc) is 2.61. The van der Waals surface area contributed by atoms with E-state index in [9.17, 15) is 4.79 Å². The van der Waals surface area contributed by atoms with Gasteiger partial charge in [0.2, 0.25) is 0 Å². The van der Waals surface area contributed by atoms with Crippen molar-refractivity contribution in [3.63, 3.8) is 0 Å². The number of carbonyl (C=O) groups is 1. The molecule has 0 amide bonds. The molecule has 0 aliphatic heterocycles. The minimum atomic E-state index is -0.817. The van der Waals surface area contributed by atoms with E-state index in [4.69, 9.17) is 28.3 Å². The lowest BCUT2D eigenvalue weighted by Gasteiger charge is -2.17. The Bertz CT molecular complexity index is 765. The van der Waals surface area contributed by atoms with Gasteiger partial charge in [0.25, 0.3) is 0 Å². The van der Waals surface area contributed by atoms with E-state index in [0.29, 0.717) is 24.0 Å². The van der Waals surface area contributed by atoms with Gasteiger partial charge >= 0.3 is 5.97 Å². The number of aryl methyl sites for hydroxylation is 1. The van der Waals surface area contributed by atoms with Gasteiger partial charge in [-0.3, -0.25) is 9.78 Å². The van der Waals surface area contributed by atoms with E-state index in [1.807, 2.05) is 19.1 Å². The van der Waals surface area contributed by atoms with Crippen molar-refractivity contribution in [2.75, 3.05) is 6.54 Å². The molecule has 26 heavy (non-hydrogen) atoms. The number of nitrogens with one attached hydrogen (secondary N) is 1.